The first-order chi connectivity index (χ1) is 6.76. The number of hydrogen-bond acceptors (Lipinski definition) is 4. The molecule has 0 aromatic heterocycles. The predicted octanol–water partition coefficient (Wildman–Crippen LogP) is 0.642. The molecular weight excluding hydrogens is 196 g/mol. The van der Waals surface area contributed by atoms with Gasteiger partial charge >= 0.3 is 6.09 Å². The highest BCUT2D eigenvalue weighted by molar-refractivity contribution is 5.85. The van der Waals surface area contributed by atoms with Crippen LogP contribution in [0.2, 0.25) is 0 Å². The van der Waals surface area contributed by atoms with Crippen LogP contribution in [0.15, 0.2) is 0 Å². The summed E-state index contributed by atoms with van der Waals surface area (Å²) in [5.74, 6) is -0.0501. The van der Waals surface area contributed by atoms with Crippen molar-refractivity contribution in [3.05, 3.63) is 0 Å². The number of amides is 1. The summed E-state index contributed by atoms with van der Waals surface area (Å²) in [6.07, 6.45) is -0.480. The number of Topliss-reactive ketones (excluding diaryl/α,β-unsaturated/α-hetero) is 1. The van der Waals surface area contributed by atoms with E-state index in [0.717, 1.165) is 0 Å². The first-order valence-electron chi connectivity index (χ1n) is 4.86. The van der Waals surface area contributed by atoms with E-state index < -0.39 is 11.7 Å². The SMILES string of the molecule is CNCC(=O)CN(C)C(=O)OC(C)(C)C. The van der Waals surface area contributed by atoms with Crippen LogP contribution in [0.5, 0.6) is 0 Å². The Hall–Kier alpha value is -1.10. The number of likely N-dealkylation sites (N-methyl/N-ethyl adjacent to an activating group) is 2. The third kappa shape index (κ3) is 6.90. The van der Waals surface area contributed by atoms with Crippen molar-refractivity contribution >= 4 is 11.9 Å². The summed E-state index contributed by atoms with van der Waals surface area (Å²) >= 11 is 0. The van der Waals surface area contributed by atoms with Gasteiger partial charge in [-0.05, 0) is 27.8 Å². The van der Waals surface area contributed by atoms with Gasteiger partial charge in [0.25, 0.3) is 0 Å². The molecule has 0 saturated carbocycles. The van der Waals surface area contributed by atoms with Crippen molar-refractivity contribution in [2.45, 2.75) is 26.4 Å². The smallest absolute Gasteiger partial charge is 0.410 e. The quantitative estimate of drug-likeness (QED) is 0.749. The van der Waals surface area contributed by atoms with Gasteiger partial charge in [0.05, 0.1) is 13.1 Å². The van der Waals surface area contributed by atoms with Gasteiger partial charge in [-0.2, -0.15) is 0 Å². The highest BCUT2D eigenvalue weighted by Gasteiger charge is 2.20. The number of rotatable bonds is 4. The maximum Gasteiger partial charge on any atom is 0.410 e. The van der Waals surface area contributed by atoms with Crippen LogP contribution in [0.4, 0.5) is 4.79 Å². The highest BCUT2D eigenvalue weighted by Crippen LogP contribution is 2.08. The van der Waals surface area contributed by atoms with E-state index in [-0.39, 0.29) is 18.9 Å². The Bertz CT molecular complexity index is 233. The van der Waals surface area contributed by atoms with E-state index in [2.05, 4.69) is 5.32 Å². The topological polar surface area (TPSA) is 58.6 Å². The molecule has 0 aliphatic rings. The molecular formula is C10H20N2O3. The summed E-state index contributed by atoms with van der Waals surface area (Å²) in [4.78, 5) is 23.9. The van der Waals surface area contributed by atoms with Crippen LogP contribution in [0.3, 0.4) is 0 Å². The van der Waals surface area contributed by atoms with Crippen LogP contribution < -0.4 is 5.32 Å². The Morgan fingerprint density at radius 1 is 1.33 bits per heavy atom. The lowest BCUT2D eigenvalue weighted by atomic mass is 10.2. The lowest BCUT2D eigenvalue weighted by molar-refractivity contribution is -0.119. The molecule has 0 atom stereocenters. The second kappa shape index (κ2) is 5.70. The molecule has 0 aliphatic carbocycles. The second-order valence-electron chi connectivity index (χ2n) is 4.41. The van der Waals surface area contributed by atoms with E-state index in [1.165, 1.54) is 4.90 Å². The number of nitrogens with one attached hydrogen (secondary N) is 1. The Kier molecular flexibility index (Phi) is 5.28. The zero-order valence-electron chi connectivity index (χ0n) is 10.1. The number of ether oxygens (including phenoxy) is 1. The van der Waals surface area contributed by atoms with Crippen molar-refractivity contribution in [3.8, 4) is 0 Å². The number of carbonyl (C=O) groups excluding carboxylic acids is 2. The summed E-state index contributed by atoms with van der Waals surface area (Å²) < 4.78 is 5.09. The molecule has 0 aliphatic heterocycles. The van der Waals surface area contributed by atoms with Crippen LogP contribution in [-0.2, 0) is 9.53 Å². The average Bonchev–Trinajstić information content (AvgIpc) is 2.00. The minimum Gasteiger partial charge on any atom is -0.444 e. The number of nitrogens with zero attached hydrogens (tertiary/aromatic N) is 1. The fourth-order valence-corrected chi connectivity index (χ4v) is 0.922. The summed E-state index contributed by atoms with van der Waals surface area (Å²) in [6.45, 7) is 5.68. The third-order valence-corrected chi connectivity index (χ3v) is 1.49. The molecule has 0 heterocycles. The predicted molar refractivity (Wildman–Crippen MR) is 57.8 cm³/mol. The zero-order chi connectivity index (χ0) is 12.1. The van der Waals surface area contributed by atoms with E-state index in [1.54, 1.807) is 34.9 Å². The van der Waals surface area contributed by atoms with Crippen molar-refractivity contribution in [1.29, 1.82) is 0 Å². The van der Waals surface area contributed by atoms with E-state index in [1.807, 2.05) is 0 Å². The summed E-state index contributed by atoms with van der Waals surface area (Å²) in [6, 6.07) is 0. The maximum atomic E-state index is 11.4. The molecule has 0 saturated heterocycles. The Morgan fingerprint density at radius 3 is 2.27 bits per heavy atom. The molecule has 5 nitrogen and oxygen atoms in total. The third-order valence-electron chi connectivity index (χ3n) is 1.49. The molecule has 0 spiro atoms. The van der Waals surface area contributed by atoms with Gasteiger partial charge in [-0.3, -0.25) is 4.79 Å². The van der Waals surface area contributed by atoms with E-state index in [4.69, 9.17) is 4.74 Å². The monoisotopic (exact) mass is 216 g/mol. The van der Waals surface area contributed by atoms with Crippen molar-refractivity contribution in [2.24, 2.45) is 0 Å². The molecule has 0 radical (unpaired) electrons. The molecule has 0 rings (SSSR count). The minimum absolute atomic E-state index is 0.0501. The number of hydrogen-bond donors (Lipinski definition) is 1. The van der Waals surface area contributed by atoms with Crippen LogP contribution in [0.25, 0.3) is 0 Å². The van der Waals surface area contributed by atoms with Crippen molar-refractivity contribution in [3.63, 3.8) is 0 Å². The molecule has 1 amide bonds. The van der Waals surface area contributed by atoms with E-state index in [0.29, 0.717) is 0 Å². The van der Waals surface area contributed by atoms with Gasteiger partial charge in [0.1, 0.15) is 5.60 Å². The van der Waals surface area contributed by atoms with Crippen molar-refractivity contribution in [1.82, 2.24) is 10.2 Å². The van der Waals surface area contributed by atoms with Gasteiger partial charge in [0, 0.05) is 7.05 Å². The molecule has 0 unspecified atom stereocenters. The van der Waals surface area contributed by atoms with Gasteiger partial charge in [-0.1, -0.05) is 0 Å². The van der Waals surface area contributed by atoms with Gasteiger partial charge < -0.3 is 15.0 Å². The number of carbonyl (C=O) groups is 2. The fourth-order valence-electron chi connectivity index (χ4n) is 0.922. The maximum absolute atomic E-state index is 11.4. The van der Waals surface area contributed by atoms with Gasteiger partial charge in [-0.25, -0.2) is 4.79 Å². The molecule has 0 fully saturated rings. The normalized spacial score (nSPS) is 11.0. The van der Waals surface area contributed by atoms with Crippen molar-refractivity contribution in [2.75, 3.05) is 27.2 Å². The standard InChI is InChI=1S/C10H20N2O3/c1-10(2,3)15-9(14)12(5)7-8(13)6-11-4/h11H,6-7H2,1-5H3. The van der Waals surface area contributed by atoms with Gasteiger partial charge in [-0.15, -0.1) is 0 Å². The zero-order valence-corrected chi connectivity index (χ0v) is 10.1. The Morgan fingerprint density at radius 2 is 1.87 bits per heavy atom. The summed E-state index contributed by atoms with van der Waals surface area (Å²) in [5.41, 5.74) is -0.530. The fraction of sp³-hybridized carbons (Fsp3) is 0.800. The summed E-state index contributed by atoms with van der Waals surface area (Å²) in [5, 5.41) is 2.73. The lowest BCUT2D eigenvalue weighted by Gasteiger charge is -2.24. The number of ketones is 1. The Balaban J connectivity index is 4.05. The molecule has 88 valence electrons. The Labute approximate surface area is 90.8 Å². The molecule has 15 heavy (non-hydrogen) atoms. The molecule has 5 heteroatoms. The molecule has 0 aromatic rings. The van der Waals surface area contributed by atoms with E-state index in [9.17, 15) is 9.59 Å². The average molecular weight is 216 g/mol. The first kappa shape index (κ1) is 13.9. The first-order valence-corrected chi connectivity index (χ1v) is 4.86. The van der Waals surface area contributed by atoms with Gasteiger partial charge in [0.15, 0.2) is 5.78 Å². The second-order valence-corrected chi connectivity index (χ2v) is 4.41. The lowest BCUT2D eigenvalue weighted by Crippen LogP contribution is -2.39. The largest absolute Gasteiger partial charge is 0.444 e. The highest BCUT2D eigenvalue weighted by atomic mass is 16.6. The van der Waals surface area contributed by atoms with E-state index >= 15 is 0 Å². The summed E-state index contributed by atoms with van der Waals surface area (Å²) in [7, 11) is 3.23. The van der Waals surface area contributed by atoms with Crippen LogP contribution in [0.1, 0.15) is 20.8 Å². The van der Waals surface area contributed by atoms with Gasteiger partial charge in [0.2, 0.25) is 0 Å². The minimum atomic E-state index is -0.530. The molecule has 1 N–H and O–H groups in total. The van der Waals surface area contributed by atoms with Crippen LogP contribution in [-0.4, -0.2) is 49.6 Å². The van der Waals surface area contributed by atoms with Crippen LogP contribution >= 0.6 is 0 Å². The molecule has 0 bridgehead atoms. The van der Waals surface area contributed by atoms with Crippen molar-refractivity contribution < 1.29 is 14.3 Å². The van der Waals surface area contributed by atoms with Crippen LogP contribution in [0, 0.1) is 0 Å². The molecule has 0 aromatic carbocycles.